The molecule has 1 N–H and O–H groups in total. The Morgan fingerprint density at radius 3 is 2.75 bits per heavy atom. The first kappa shape index (κ1) is 9.65. The van der Waals surface area contributed by atoms with Gasteiger partial charge in [0, 0.05) is 11.3 Å². The van der Waals surface area contributed by atoms with Crippen LogP contribution in [0.15, 0.2) is 12.7 Å². The number of hydrogen-bond acceptors (Lipinski definition) is 2. The first-order valence-corrected chi connectivity index (χ1v) is 5.40. The number of thioether (sulfide) groups is 1. The van der Waals surface area contributed by atoms with Crippen molar-refractivity contribution in [1.29, 1.82) is 0 Å². The van der Waals surface area contributed by atoms with E-state index in [0.717, 1.165) is 6.54 Å². The number of amides is 1. The van der Waals surface area contributed by atoms with Crippen LogP contribution in [0.5, 0.6) is 0 Å². The lowest BCUT2D eigenvalue weighted by Crippen LogP contribution is -2.44. The molecule has 1 fully saturated rings. The Bertz CT molecular complexity index is 181. The molecule has 12 heavy (non-hydrogen) atoms. The summed E-state index contributed by atoms with van der Waals surface area (Å²) in [6.07, 6.45) is 7.19. The summed E-state index contributed by atoms with van der Waals surface area (Å²) in [5, 5.41) is 2.85. The molecule has 0 aromatic heterocycles. The second-order valence-corrected chi connectivity index (χ2v) is 4.44. The van der Waals surface area contributed by atoms with Gasteiger partial charge >= 0.3 is 0 Å². The average Bonchev–Trinajstić information content (AvgIpc) is 2.03. The highest BCUT2D eigenvalue weighted by molar-refractivity contribution is 8.00. The van der Waals surface area contributed by atoms with Crippen molar-refractivity contribution in [3.63, 3.8) is 0 Å². The van der Waals surface area contributed by atoms with Gasteiger partial charge in [0.25, 0.3) is 0 Å². The summed E-state index contributed by atoms with van der Waals surface area (Å²) in [5.74, 6) is -0.0599. The van der Waals surface area contributed by atoms with Crippen LogP contribution in [0.2, 0.25) is 0 Å². The van der Waals surface area contributed by atoms with Gasteiger partial charge < -0.3 is 5.32 Å². The molecule has 0 bridgehead atoms. The van der Waals surface area contributed by atoms with E-state index >= 15 is 0 Å². The standard InChI is InChI=1S/C9H15NOS/c1-3-8(11)10-7-9(12-2)5-4-6-9/h3H,1,4-7H2,2H3,(H,10,11). The van der Waals surface area contributed by atoms with Crippen molar-refractivity contribution in [1.82, 2.24) is 5.32 Å². The molecule has 1 aliphatic rings. The van der Waals surface area contributed by atoms with Crippen molar-refractivity contribution in [3.05, 3.63) is 12.7 Å². The van der Waals surface area contributed by atoms with Crippen molar-refractivity contribution < 1.29 is 4.79 Å². The highest BCUT2D eigenvalue weighted by atomic mass is 32.2. The molecule has 1 aliphatic carbocycles. The smallest absolute Gasteiger partial charge is 0.243 e. The molecule has 0 atom stereocenters. The molecule has 0 aliphatic heterocycles. The molecule has 0 heterocycles. The molecular formula is C9H15NOS. The van der Waals surface area contributed by atoms with E-state index in [1.807, 2.05) is 11.8 Å². The molecule has 0 aromatic carbocycles. The summed E-state index contributed by atoms with van der Waals surface area (Å²) in [7, 11) is 0. The van der Waals surface area contributed by atoms with Gasteiger partial charge in [0.2, 0.25) is 5.91 Å². The number of nitrogens with one attached hydrogen (secondary N) is 1. The Hall–Kier alpha value is -0.440. The van der Waals surface area contributed by atoms with Crippen LogP contribution in [-0.4, -0.2) is 23.5 Å². The van der Waals surface area contributed by atoms with Crippen LogP contribution in [-0.2, 0) is 4.79 Å². The van der Waals surface area contributed by atoms with Gasteiger partial charge in [-0.3, -0.25) is 4.79 Å². The molecule has 0 aromatic rings. The van der Waals surface area contributed by atoms with Crippen LogP contribution in [0.1, 0.15) is 19.3 Å². The quantitative estimate of drug-likeness (QED) is 0.674. The van der Waals surface area contributed by atoms with Crippen LogP contribution < -0.4 is 5.32 Å². The van der Waals surface area contributed by atoms with Gasteiger partial charge in [-0.15, -0.1) is 0 Å². The Kier molecular flexibility index (Phi) is 3.20. The molecule has 68 valence electrons. The molecule has 0 radical (unpaired) electrons. The summed E-state index contributed by atoms with van der Waals surface area (Å²) in [6, 6.07) is 0. The predicted octanol–water partition coefficient (Wildman–Crippen LogP) is 1.57. The number of rotatable bonds is 4. The van der Waals surface area contributed by atoms with E-state index in [-0.39, 0.29) is 5.91 Å². The average molecular weight is 185 g/mol. The largest absolute Gasteiger partial charge is 0.351 e. The zero-order valence-electron chi connectivity index (χ0n) is 7.43. The molecule has 0 spiro atoms. The first-order chi connectivity index (χ1) is 5.72. The molecule has 0 unspecified atom stereocenters. The highest BCUT2D eigenvalue weighted by Crippen LogP contribution is 2.42. The van der Waals surface area contributed by atoms with Crippen LogP contribution >= 0.6 is 11.8 Å². The van der Waals surface area contributed by atoms with Crippen molar-refractivity contribution in [2.75, 3.05) is 12.8 Å². The minimum Gasteiger partial charge on any atom is -0.351 e. The number of carbonyl (C=O) groups excluding carboxylic acids is 1. The van der Waals surface area contributed by atoms with E-state index in [0.29, 0.717) is 4.75 Å². The molecule has 1 rings (SSSR count). The summed E-state index contributed by atoms with van der Waals surface area (Å²) in [6.45, 7) is 4.20. The number of carbonyl (C=O) groups is 1. The van der Waals surface area contributed by atoms with Gasteiger partial charge in [0.15, 0.2) is 0 Å². The maximum Gasteiger partial charge on any atom is 0.243 e. The van der Waals surface area contributed by atoms with Crippen molar-refractivity contribution in [2.45, 2.75) is 24.0 Å². The van der Waals surface area contributed by atoms with Gasteiger partial charge in [-0.1, -0.05) is 13.0 Å². The van der Waals surface area contributed by atoms with Gasteiger partial charge in [-0.25, -0.2) is 0 Å². The minimum absolute atomic E-state index is 0.0599. The summed E-state index contributed by atoms with van der Waals surface area (Å²) < 4.78 is 0.332. The third kappa shape index (κ3) is 2.03. The molecule has 0 saturated heterocycles. The zero-order chi connectivity index (χ0) is 9.03. The van der Waals surface area contributed by atoms with Gasteiger partial charge in [0.1, 0.15) is 0 Å². The SMILES string of the molecule is C=CC(=O)NCC1(SC)CCC1. The maximum absolute atomic E-state index is 10.9. The fourth-order valence-electron chi connectivity index (χ4n) is 1.34. The minimum atomic E-state index is -0.0599. The molecule has 2 nitrogen and oxygen atoms in total. The van der Waals surface area contributed by atoms with E-state index in [4.69, 9.17) is 0 Å². The van der Waals surface area contributed by atoms with Gasteiger partial charge in [-0.2, -0.15) is 11.8 Å². The lowest BCUT2D eigenvalue weighted by molar-refractivity contribution is -0.116. The van der Waals surface area contributed by atoms with Crippen LogP contribution in [0.25, 0.3) is 0 Å². The normalized spacial score (nSPS) is 19.4. The summed E-state index contributed by atoms with van der Waals surface area (Å²) in [5.41, 5.74) is 0. The van der Waals surface area contributed by atoms with Crippen molar-refractivity contribution in [2.24, 2.45) is 0 Å². The lowest BCUT2D eigenvalue weighted by Gasteiger charge is -2.40. The molecule has 3 heteroatoms. The second kappa shape index (κ2) is 3.99. The second-order valence-electron chi connectivity index (χ2n) is 3.16. The van der Waals surface area contributed by atoms with E-state index in [9.17, 15) is 4.79 Å². The fraction of sp³-hybridized carbons (Fsp3) is 0.667. The van der Waals surface area contributed by atoms with E-state index in [1.54, 1.807) is 0 Å². The van der Waals surface area contributed by atoms with Crippen LogP contribution in [0.3, 0.4) is 0 Å². The van der Waals surface area contributed by atoms with Crippen LogP contribution in [0.4, 0.5) is 0 Å². The Balaban J connectivity index is 2.29. The van der Waals surface area contributed by atoms with E-state index in [1.165, 1.54) is 25.3 Å². The third-order valence-electron chi connectivity index (χ3n) is 2.47. The number of hydrogen-bond donors (Lipinski definition) is 1. The maximum atomic E-state index is 10.9. The first-order valence-electron chi connectivity index (χ1n) is 4.18. The molecule has 1 amide bonds. The van der Waals surface area contributed by atoms with Crippen molar-refractivity contribution >= 4 is 17.7 Å². The summed E-state index contributed by atoms with van der Waals surface area (Å²) >= 11 is 1.86. The molecule has 1 saturated carbocycles. The predicted molar refractivity (Wildman–Crippen MR) is 53.3 cm³/mol. The third-order valence-corrected chi connectivity index (χ3v) is 3.89. The monoisotopic (exact) mass is 185 g/mol. The molecular weight excluding hydrogens is 170 g/mol. The summed E-state index contributed by atoms with van der Waals surface area (Å²) in [4.78, 5) is 10.9. The lowest BCUT2D eigenvalue weighted by atomic mass is 9.84. The van der Waals surface area contributed by atoms with Gasteiger partial charge in [-0.05, 0) is 25.2 Å². The topological polar surface area (TPSA) is 29.1 Å². The Labute approximate surface area is 77.8 Å². The van der Waals surface area contributed by atoms with Gasteiger partial charge in [0.05, 0.1) is 0 Å². The Morgan fingerprint density at radius 1 is 1.75 bits per heavy atom. The fourth-order valence-corrected chi connectivity index (χ4v) is 2.26. The van der Waals surface area contributed by atoms with E-state index < -0.39 is 0 Å². The van der Waals surface area contributed by atoms with E-state index in [2.05, 4.69) is 18.2 Å². The zero-order valence-corrected chi connectivity index (χ0v) is 8.25. The van der Waals surface area contributed by atoms with Crippen molar-refractivity contribution in [3.8, 4) is 0 Å². The highest BCUT2D eigenvalue weighted by Gasteiger charge is 2.35. The Morgan fingerprint density at radius 2 is 2.42 bits per heavy atom. The van der Waals surface area contributed by atoms with Crippen LogP contribution in [0, 0.1) is 0 Å².